The number of benzene rings is 2. The number of rotatable bonds is 8. The van der Waals surface area contributed by atoms with Gasteiger partial charge >= 0.3 is 5.97 Å². The molecule has 0 radical (unpaired) electrons. The number of hydrogen-bond acceptors (Lipinski definition) is 8. The molecule has 2 aromatic rings. The van der Waals surface area contributed by atoms with Crippen LogP contribution in [0.1, 0.15) is 20.7 Å². The molecule has 11 nitrogen and oxygen atoms in total. The number of nitrogens with one attached hydrogen (secondary N) is 3. The first-order valence-corrected chi connectivity index (χ1v) is 8.37. The molecule has 0 heterocycles. The second-order valence-electron chi connectivity index (χ2n) is 5.58. The maximum Gasteiger partial charge on any atom is 0.341 e. The Balaban J connectivity index is 1.95. The number of carbonyl (C=O) groups is 3. The van der Waals surface area contributed by atoms with Crippen LogP contribution in [0.25, 0.3) is 0 Å². The Kier molecular flexibility index (Phi) is 7.62. The predicted octanol–water partition coefficient (Wildman–Crippen LogP) is 0.617. The third kappa shape index (κ3) is 6.29. The molecule has 2 rings (SSSR count). The van der Waals surface area contributed by atoms with Crippen molar-refractivity contribution >= 4 is 29.2 Å². The molecule has 152 valence electrons. The average molecular weight is 402 g/mol. The Morgan fingerprint density at radius 2 is 1.79 bits per heavy atom. The molecule has 0 aliphatic heterocycles. The summed E-state index contributed by atoms with van der Waals surface area (Å²) in [4.78, 5) is 46.1. The van der Waals surface area contributed by atoms with Crippen molar-refractivity contribution in [3.63, 3.8) is 0 Å². The first kappa shape index (κ1) is 21.3. The summed E-state index contributed by atoms with van der Waals surface area (Å²) in [5.41, 5.74) is 4.27. The summed E-state index contributed by atoms with van der Waals surface area (Å²) in [5, 5.41) is 22.5. The fraction of sp³-hybridized carbons (Fsp3) is 0.167. The van der Waals surface area contributed by atoms with Crippen molar-refractivity contribution in [3.05, 3.63) is 69.8 Å². The summed E-state index contributed by atoms with van der Waals surface area (Å²) < 4.78 is 4.86. The molecule has 0 atom stereocenters. The molecular weight excluding hydrogens is 384 g/mol. The van der Waals surface area contributed by atoms with Crippen LogP contribution in [-0.2, 0) is 9.53 Å². The van der Waals surface area contributed by atoms with Crippen LogP contribution in [-0.4, -0.2) is 47.6 Å². The lowest BCUT2D eigenvalue weighted by atomic mass is 10.1. The van der Waals surface area contributed by atoms with E-state index in [-0.39, 0.29) is 30.1 Å². The topological polar surface area (TPSA) is 160 Å². The van der Waals surface area contributed by atoms with Crippen LogP contribution in [0.15, 0.2) is 48.5 Å². The highest BCUT2D eigenvalue weighted by Gasteiger charge is 2.19. The van der Waals surface area contributed by atoms with Gasteiger partial charge in [-0.3, -0.25) is 30.6 Å². The molecule has 0 fully saturated rings. The number of carbonyl (C=O) groups excluding carboxylic acids is 3. The van der Waals surface area contributed by atoms with E-state index in [0.29, 0.717) is 5.56 Å². The lowest BCUT2D eigenvalue weighted by Crippen LogP contribution is -2.43. The summed E-state index contributed by atoms with van der Waals surface area (Å²) in [7, 11) is 0. The van der Waals surface area contributed by atoms with Crippen LogP contribution < -0.4 is 16.2 Å². The molecule has 0 aliphatic carbocycles. The van der Waals surface area contributed by atoms with Crippen LogP contribution >= 0.6 is 0 Å². The molecular formula is C18H18N4O7. The molecule has 0 bridgehead atoms. The van der Waals surface area contributed by atoms with E-state index < -0.39 is 29.3 Å². The molecule has 2 aromatic carbocycles. The van der Waals surface area contributed by atoms with Gasteiger partial charge in [-0.05, 0) is 18.2 Å². The Bertz CT molecular complexity index is 902. The Labute approximate surface area is 164 Å². The highest BCUT2D eigenvalue weighted by atomic mass is 16.6. The van der Waals surface area contributed by atoms with E-state index in [4.69, 9.17) is 9.84 Å². The zero-order valence-corrected chi connectivity index (χ0v) is 15.1. The third-order valence-electron chi connectivity index (χ3n) is 3.55. The first-order chi connectivity index (χ1) is 13.9. The average Bonchev–Trinajstić information content (AvgIpc) is 2.74. The van der Waals surface area contributed by atoms with Crippen molar-refractivity contribution in [1.29, 1.82) is 0 Å². The summed E-state index contributed by atoms with van der Waals surface area (Å²) in [6.45, 7) is -0.852. The van der Waals surface area contributed by atoms with Gasteiger partial charge in [0.1, 0.15) is 0 Å². The maximum atomic E-state index is 12.3. The predicted molar refractivity (Wildman–Crippen MR) is 101 cm³/mol. The minimum atomic E-state index is -0.987. The molecule has 0 unspecified atom stereocenters. The second kappa shape index (κ2) is 10.4. The molecule has 0 aromatic heterocycles. The van der Waals surface area contributed by atoms with E-state index in [1.54, 1.807) is 30.3 Å². The Morgan fingerprint density at radius 3 is 2.45 bits per heavy atom. The van der Waals surface area contributed by atoms with Gasteiger partial charge in [0.05, 0.1) is 17.1 Å². The van der Waals surface area contributed by atoms with Crippen LogP contribution in [0.2, 0.25) is 0 Å². The maximum absolute atomic E-state index is 12.3. The molecule has 29 heavy (non-hydrogen) atoms. The van der Waals surface area contributed by atoms with Gasteiger partial charge < -0.3 is 15.2 Å². The van der Waals surface area contributed by atoms with Gasteiger partial charge in [0, 0.05) is 29.9 Å². The van der Waals surface area contributed by atoms with Gasteiger partial charge in [-0.15, -0.1) is 0 Å². The van der Waals surface area contributed by atoms with E-state index >= 15 is 0 Å². The van der Waals surface area contributed by atoms with Gasteiger partial charge in [-0.25, -0.2) is 4.79 Å². The molecule has 0 spiro atoms. The second-order valence-corrected chi connectivity index (χ2v) is 5.58. The van der Waals surface area contributed by atoms with E-state index in [1.807, 2.05) is 0 Å². The van der Waals surface area contributed by atoms with E-state index in [2.05, 4.69) is 16.2 Å². The fourth-order valence-electron chi connectivity index (χ4n) is 2.19. The number of esters is 1. The summed E-state index contributed by atoms with van der Waals surface area (Å²) in [5.74, 6) is -2.35. The molecule has 0 aliphatic rings. The Hall–Kier alpha value is -3.99. The van der Waals surface area contributed by atoms with E-state index in [1.165, 1.54) is 12.1 Å². The highest BCUT2D eigenvalue weighted by Crippen LogP contribution is 2.23. The van der Waals surface area contributed by atoms with Crippen LogP contribution in [0.5, 0.6) is 0 Å². The minimum absolute atomic E-state index is 0.101. The zero-order valence-electron chi connectivity index (χ0n) is 15.1. The number of hydrazine groups is 1. The van der Waals surface area contributed by atoms with E-state index in [0.717, 1.165) is 6.07 Å². The standard InChI is InChI=1S/C18H18N4O7/c23-9-8-19-15-7-6-13(22(27)28)10-14(15)18(26)29-11-16(24)20-21-17(25)12-4-2-1-3-5-12/h1-7,10,19,23H,8-9,11H2,(H,20,24)(H,21,25). The van der Waals surface area contributed by atoms with Crippen LogP contribution in [0.3, 0.4) is 0 Å². The number of anilines is 1. The summed E-state index contributed by atoms with van der Waals surface area (Å²) in [6, 6.07) is 11.6. The van der Waals surface area contributed by atoms with Gasteiger partial charge in [0.15, 0.2) is 6.61 Å². The normalized spacial score (nSPS) is 9.97. The van der Waals surface area contributed by atoms with Gasteiger partial charge in [-0.2, -0.15) is 0 Å². The molecule has 2 amide bonds. The Morgan fingerprint density at radius 1 is 1.07 bits per heavy atom. The first-order valence-electron chi connectivity index (χ1n) is 8.37. The lowest BCUT2D eigenvalue weighted by molar-refractivity contribution is -0.384. The van der Waals surface area contributed by atoms with Gasteiger partial charge in [0.25, 0.3) is 17.5 Å². The van der Waals surface area contributed by atoms with Crippen LogP contribution in [0.4, 0.5) is 11.4 Å². The fourth-order valence-corrected chi connectivity index (χ4v) is 2.19. The number of aliphatic hydroxyl groups excluding tert-OH is 1. The molecule has 4 N–H and O–H groups in total. The number of aliphatic hydroxyl groups is 1. The van der Waals surface area contributed by atoms with Crippen molar-refractivity contribution in [3.8, 4) is 0 Å². The van der Waals surface area contributed by atoms with E-state index in [9.17, 15) is 24.5 Å². The monoisotopic (exact) mass is 402 g/mol. The SMILES string of the molecule is O=C(COC(=O)c1cc([N+](=O)[O-])ccc1NCCO)NNC(=O)c1ccccc1. The molecule has 0 saturated carbocycles. The zero-order chi connectivity index (χ0) is 21.2. The summed E-state index contributed by atoms with van der Waals surface area (Å²) in [6.07, 6.45) is 0. The number of hydrogen-bond donors (Lipinski definition) is 4. The van der Waals surface area contributed by atoms with Crippen molar-refractivity contribution in [1.82, 2.24) is 10.9 Å². The minimum Gasteiger partial charge on any atom is -0.452 e. The molecule has 0 saturated heterocycles. The number of nitro benzene ring substituents is 1. The number of ether oxygens (including phenoxy) is 1. The van der Waals surface area contributed by atoms with Crippen molar-refractivity contribution in [2.45, 2.75) is 0 Å². The third-order valence-corrected chi connectivity index (χ3v) is 3.55. The van der Waals surface area contributed by atoms with Crippen molar-refractivity contribution in [2.24, 2.45) is 0 Å². The summed E-state index contributed by atoms with van der Waals surface area (Å²) >= 11 is 0. The quantitative estimate of drug-likeness (QED) is 0.284. The lowest BCUT2D eigenvalue weighted by Gasteiger charge is -2.11. The largest absolute Gasteiger partial charge is 0.452 e. The van der Waals surface area contributed by atoms with Gasteiger partial charge in [0.2, 0.25) is 0 Å². The van der Waals surface area contributed by atoms with Crippen molar-refractivity contribution < 1.29 is 29.2 Å². The van der Waals surface area contributed by atoms with Crippen molar-refractivity contribution in [2.75, 3.05) is 25.1 Å². The smallest absolute Gasteiger partial charge is 0.341 e. The number of non-ortho nitro benzene ring substituents is 1. The van der Waals surface area contributed by atoms with Crippen LogP contribution in [0, 0.1) is 10.1 Å². The number of amides is 2. The number of nitro groups is 1. The van der Waals surface area contributed by atoms with Gasteiger partial charge in [-0.1, -0.05) is 18.2 Å². The molecule has 11 heteroatoms. The highest BCUT2D eigenvalue weighted by molar-refractivity contribution is 5.98. The number of nitrogens with zero attached hydrogens (tertiary/aromatic N) is 1.